The Morgan fingerprint density at radius 2 is 2.11 bits per heavy atom. The van der Waals surface area contributed by atoms with E-state index in [-0.39, 0.29) is 12.6 Å². The summed E-state index contributed by atoms with van der Waals surface area (Å²) in [6.07, 6.45) is 2.18. The number of carbonyl (C=O) groups is 3. The molecule has 0 aromatic carbocycles. The van der Waals surface area contributed by atoms with Crippen LogP contribution in [0.25, 0.3) is 0 Å². The smallest absolute Gasteiger partial charge is 0.326 e. The van der Waals surface area contributed by atoms with Gasteiger partial charge in [-0.15, -0.1) is 0 Å². The fraction of sp³-hybridized carbons (Fsp3) is 0.667. The van der Waals surface area contributed by atoms with Gasteiger partial charge >= 0.3 is 12.0 Å². The topological polar surface area (TPSA) is 154 Å². The highest BCUT2D eigenvalue weighted by Crippen LogP contribution is 2.02. The molecule has 1 heterocycles. The Hall–Kier alpha value is -1.87. The predicted octanol–water partition coefficient (Wildman–Crippen LogP) is -1.63. The van der Waals surface area contributed by atoms with Crippen LogP contribution in [0.3, 0.4) is 0 Å². The fourth-order valence-corrected chi connectivity index (χ4v) is 1.19. The van der Waals surface area contributed by atoms with Crippen molar-refractivity contribution in [3.8, 4) is 0 Å². The van der Waals surface area contributed by atoms with Crippen molar-refractivity contribution in [3.05, 3.63) is 0 Å². The number of hydrogen-bond donors (Lipinski definition) is 6. The van der Waals surface area contributed by atoms with Crippen LogP contribution in [-0.4, -0.2) is 47.4 Å². The molecule has 0 unspecified atom stereocenters. The van der Waals surface area contributed by atoms with Crippen LogP contribution < -0.4 is 21.8 Å². The molecule has 1 atom stereocenters. The van der Waals surface area contributed by atoms with Gasteiger partial charge < -0.3 is 21.5 Å². The average molecular weight is 262 g/mol. The molecular formula is C9H18N4O5. The summed E-state index contributed by atoms with van der Waals surface area (Å²) in [6, 6.07) is -1.12. The zero-order valence-corrected chi connectivity index (χ0v) is 9.81. The molecule has 1 aliphatic rings. The van der Waals surface area contributed by atoms with Gasteiger partial charge in [-0.3, -0.25) is 10.0 Å². The summed E-state index contributed by atoms with van der Waals surface area (Å²) in [5.41, 5.74) is 6.06. The zero-order valence-electron chi connectivity index (χ0n) is 9.81. The first-order valence-electron chi connectivity index (χ1n) is 5.41. The summed E-state index contributed by atoms with van der Waals surface area (Å²) >= 11 is 0. The summed E-state index contributed by atoms with van der Waals surface area (Å²) in [5, 5.41) is 21.2. The van der Waals surface area contributed by atoms with E-state index in [4.69, 9.17) is 16.0 Å². The summed E-state index contributed by atoms with van der Waals surface area (Å²) in [7, 11) is 0. The van der Waals surface area contributed by atoms with Gasteiger partial charge in [0.2, 0.25) is 0 Å². The summed E-state index contributed by atoms with van der Waals surface area (Å²) in [4.78, 5) is 31.1. The van der Waals surface area contributed by atoms with Crippen molar-refractivity contribution >= 4 is 17.9 Å². The van der Waals surface area contributed by atoms with Crippen molar-refractivity contribution in [1.82, 2.24) is 16.1 Å². The second-order valence-corrected chi connectivity index (χ2v) is 3.53. The Labute approximate surface area is 104 Å². The van der Waals surface area contributed by atoms with Gasteiger partial charge in [-0.2, -0.15) is 0 Å². The highest BCUT2D eigenvalue weighted by molar-refractivity contribution is 5.82. The number of rotatable bonds is 2. The van der Waals surface area contributed by atoms with Crippen LogP contribution in [0.2, 0.25) is 0 Å². The first-order chi connectivity index (χ1) is 8.51. The summed E-state index contributed by atoms with van der Waals surface area (Å²) in [5.74, 6) is -1.54. The summed E-state index contributed by atoms with van der Waals surface area (Å²) in [6.45, 7) is 0.453. The maximum atomic E-state index is 10.9. The Kier molecular flexibility index (Phi) is 8.24. The van der Waals surface area contributed by atoms with Crippen LogP contribution in [0, 0.1) is 0 Å². The molecule has 0 bridgehead atoms. The molecule has 1 aliphatic heterocycles. The highest BCUT2D eigenvalue weighted by atomic mass is 16.5. The molecule has 0 saturated carbocycles. The van der Waals surface area contributed by atoms with Gasteiger partial charge in [-0.25, -0.2) is 15.1 Å². The molecule has 0 spiro atoms. The van der Waals surface area contributed by atoms with E-state index in [2.05, 4.69) is 10.6 Å². The van der Waals surface area contributed by atoms with Crippen LogP contribution in [0.5, 0.6) is 0 Å². The summed E-state index contributed by atoms with van der Waals surface area (Å²) < 4.78 is 0. The number of hydrogen-bond acceptors (Lipinski definition) is 5. The monoisotopic (exact) mass is 262 g/mol. The van der Waals surface area contributed by atoms with Crippen molar-refractivity contribution < 1.29 is 24.7 Å². The number of carboxylic acids is 1. The lowest BCUT2D eigenvalue weighted by atomic mass is 10.1. The number of carboxylic acid groups (broad SMARTS) is 1. The van der Waals surface area contributed by atoms with E-state index < -0.39 is 17.9 Å². The zero-order chi connectivity index (χ0) is 14.0. The second-order valence-electron chi connectivity index (χ2n) is 3.53. The van der Waals surface area contributed by atoms with Crippen molar-refractivity contribution in [2.75, 3.05) is 13.1 Å². The lowest BCUT2D eigenvalue weighted by Gasteiger charge is -2.17. The number of nitrogens with two attached hydrogens (primary N) is 1. The minimum atomic E-state index is -0.966. The lowest BCUT2D eigenvalue weighted by molar-refractivity contribution is -0.139. The minimum Gasteiger partial charge on any atom is -0.480 e. The molecule has 9 heteroatoms. The fourth-order valence-electron chi connectivity index (χ4n) is 1.19. The maximum absolute atomic E-state index is 10.9. The Balaban J connectivity index is 0.000000411. The molecule has 1 saturated heterocycles. The second kappa shape index (κ2) is 9.19. The largest absolute Gasteiger partial charge is 0.480 e. The van der Waals surface area contributed by atoms with Crippen molar-refractivity contribution in [2.24, 2.45) is 5.73 Å². The molecule has 3 amide bonds. The molecule has 18 heavy (non-hydrogen) atoms. The third-order valence-electron chi connectivity index (χ3n) is 2.12. The Morgan fingerprint density at radius 3 is 2.56 bits per heavy atom. The van der Waals surface area contributed by atoms with E-state index in [0.29, 0.717) is 13.0 Å². The molecule has 1 rings (SSSR count). The van der Waals surface area contributed by atoms with Gasteiger partial charge in [0, 0.05) is 6.54 Å². The van der Waals surface area contributed by atoms with Gasteiger partial charge in [0.1, 0.15) is 6.04 Å². The molecule has 104 valence electrons. The van der Waals surface area contributed by atoms with Crippen molar-refractivity contribution in [3.63, 3.8) is 0 Å². The van der Waals surface area contributed by atoms with Gasteiger partial charge in [0.15, 0.2) is 0 Å². The van der Waals surface area contributed by atoms with Gasteiger partial charge in [0.25, 0.3) is 5.91 Å². The Morgan fingerprint density at radius 1 is 1.44 bits per heavy atom. The lowest BCUT2D eigenvalue weighted by Crippen LogP contribution is -2.47. The molecule has 0 aromatic rings. The standard InChI is InChI=1S/C7H12N2O3.C2H6N2O2/c10-6(11)5-3-1-2-4-8-7(12)9-5;3-1-2(5)4-6/h5H,1-4H2,(H,10,11)(H2,8,9,12);6H,1,3H2,(H,4,5)/t5-;/m0./s1. The van der Waals surface area contributed by atoms with Gasteiger partial charge in [-0.1, -0.05) is 0 Å². The molecular weight excluding hydrogens is 244 g/mol. The third kappa shape index (κ3) is 7.41. The number of hydroxylamine groups is 1. The normalized spacial score (nSPS) is 19.0. The quantitative estimate of drug-likeness (QED) is 0.259. The van der Waals surface area contributed by atoms with Crippen LogP contribution in [0.4, 0.5) is 4.79 Å². The molecule has 1 fully saturated rings. The van der Waals surface area contributed by atoms with Crippen LogP contribution in [0.1, 0.15) is 19.3 Å². The molecule has 0 radical (unpaired) electrons. The molecule has 0 aliphatic carbocycles. The average Bonchev–Trinajstić information content (AvgIpc) is 2.33. The molecule has 0 aromatic heterocycles. The van der Waals surface area contributed by atoms with E-state index in [1.807, 2.05) is 0 Å². The van der Waals surface area contributed by atoms with Crippen molar-refractivity contribution in [2.45, 2.75) is 25.3 Å². The number of aliphatic carboxylic acids is 1. The van der Waals surface area contributed by atoms with Crippen molar-refractivity contribution in [1.29, 1.82) is 0 Å². The minimum absolute atomic E-state index is 0.170. The number of nitrogens with one attached hydrogen (secondary N) is 3. The molecule has 7 N–H and O–H groups in total. The predicted molar refractivity (Wildman–Crippen MR) is 60.8 cm³/mol. The first kappa shape index (κ1) is 16.1. The van der Waals surface area contributed by atoms with E-state index in [1.165, 1.54) is 5.48 Å². The van der Waals surface area contributed by atoms with E-state index >= 15 is 0 Å². The molecule has 9 nitrogen and oxygen atoms in total. The number of amides is 3. The highest BCUT2D eigenvalue weighted by Gasteiger charge is 2.20. The Bertz CT molecular complexity index is 291. The third-order valence-corrected chi connectivity index (χ3v) is 2.12. The maximum Gasteiger partial charge on any atom is 0.326 e. The van der Waals surface area contributed by atoms with Crippen LogP contribution >= 0.6 is 0 Å². The van der Waals surface area contributed by atoms with Gasteiger partial charge in [0.05, 0.1) is 6.54 Å². The van der Waals surface area contributed by atoms with Crippen LogP contribution in [-0.2, 0) is 9.59 Å². The van der Waals surface area contributed by atoms with E-state index in [1.54, 1.807) is 0 Å². The van der Waals surface area contributed by atoms with E-state index in [0.717, 1.165) is 12.8 Å². The first-order valence-corrected chi connectivity index (χ1v) is 5.41. The number of carbonyl (C=O) groups excluding carboxylic acids is 2. The SMILES string of the molecule is NCC(=O)NO.O=C1NCCCC[C@@H](C(=O)O)N1. The number of urea groups is 1. The van der Waals surface area contributed by atoms with Gasteiger partial charge in [-0.05, 0) is 19.3 Å². The van der Waals surface area contributed by atoms with Crippen LogP contribution in [0.15, 0.2) is 0 Å². The van der Waals surface area contributed by atoms with E-state index in [9.17, 15) is 14.4 Å².